The van der Waals surface area contributed by atoms with Crippen LogP contribution in [-0.2, 0) is 10.9 Å². The standard InChI is InChI=1S/C10H11ClF3NO/c1-16-5-8(15)6-3-2-4-7(9(6)11)10(12,13)14/h2-4,8H,5,15H2,1H3. The van der Waals surface area contributed by atoms with Crippen molar-refractivity contribution in [2.75, 3.05) is 13.7 Å². The Morgan fingerprint density at radius 3 is 2.56 bits per heavy atom. The molecule has 0 aliphatic rings. The van der Waals surface area contributed by atoms with E-state index in [2.05, 4.69) is 0 Å². The Bertz CT molecular complexity index is 368. The minimum atomic E-state index is -4.47. The Kier molecular flexibility index (Phi) is 4.18. The number of alkyl halides is 3. The molecule has 0 spiro atoms. The first kappa shape index (κ1) is 13.3. The zero-order valence-electron chi connectivity index (χ0n) is 8.51. The fraction of sp³-hybridized carbons (Fsp3) is 0.400. The molecule has 0 fully saturated rings. The molecule has 1 rings (SSSR count). The lowest BCUT2D eigenvalue weighted by Crippen LogP contribution is -2.18. The molecule has 0 aliphatic heterocycles. The van der Waals surface area contributed by atoms with Gasteiger partial charge in [0.1, 0.15) is 0 Å². The lowest BCUT2D eigenvalue weighted by atomic mass is 10.0. The second-order valence-electron chi connectivity index (χ2n) is 3.27. The summed E-state index contributed by atoms with van der Waals surface area (Å²) in [6.45, 7) is 0.112. The smallest absolute Gasteiger partial charge is 0.383 e. The van der Waals surface area contributed by atoms with Crippen LogP contribution in [-0.4, -0.2) is 13.7 Å². The van der Waals surface area contributed by atoms with Gasteiger partial charge in [0, 0.05) is 7.11 Å². The van der Waals surface area contributed by atoms with Crippen molar-refractivity contribution in [3.63, 3.8) is 0 Å². The fourth-order valence-electron chi connectivity index (χ4n) is 1.32. The highest BCUT2D eigenvalue weighted by molar-refractivity contribution is 6.32. The summed E-state index contributed by atoms with van der Waals surface area (Å²) in [4.78, 5) is 0. The van der Waals surface area contributed by atoms with Crippen LogP contribution in [0.3, 0.4) is 0 Å². The van der Waals surface area contributed by atoms with Gasteiger partial charge in [-0.25, -0.2) is 0 Å². The molecule has 1 unspecified atom stereocenters. The summed E-state index contributed by atoms with van der Waals surface area (Å²) >= 11 is 5.67. The number of rotatable bonds is 3. The van der Waals surface area contributed by atoms with Crippen molar-refractivity contribution in [2.24, 2.45) is 5.73 Å². The van der Waals surface area contributed by atoms with Gasteiger partial charge in [0.05, 0.1) is 23.2 Å². The van der Waals surface area contributed by atoms with Crippen LogP contribution in [0.4, 0.5) is 13.2 Å². The minimum Gasteiger partial charge on any atom is -0.383 e. The van der Waals surface area contributed by atoms with Gasteiger partial charge in [-0.1, -0.05) is 23.7 Å². The summed E-state index contributed by atoms with van der Waals surface area (Å²) in [6, 6.07) is 2.99. The van der Waals surface area contributed by atoms with Gasteiger partial charge in [-0.2, -0.15) is 13.2 Å². The molecular formula is C10H11ClF3NO. The van der Waals surface area contributed by atoms with Gasteiger partial charge in [0.25, 0.3) is 0 Å². The van der Waals surface area contributed by atoms with Gasteiger partial charge < -0.3 is 10.5 Å². The summed E-state index contributed by atoms with van der Waals surface area (Å²) in [5.41, 5.74) is 5.00. The van der Waals surface area contributed by atoms with E-state index in [1.165, 1.54) is 19.2 Å². The van der Waals surface area contributed by atoms with Crippen LogP contribution in [0.5, 0.6) is 0 Å². The highest BCUT2D eigenvalue weighted by atomic mass is 35.5. The van der Waals surface area contributed by atoms with Crippen molar-refractivity contribution in [2.45, 2.75) is 12.2 Å². The number of benzene rings is 1. The first-order chi connectivity index (χ1) is 7.38. The van der Waals surface area contributed by atoms with E-state index in [0.717, 1.165) is 6.07 Å². The summed E-state index contributed by atoms with van der Waals surface area (Å²) in [5.74, 6) is 0. The third kappa shape index (κ3) is 2.87. The molecular weight excluding hydrogens is 243 g/mol. The van der Waals surface area contributed by atoms with Crippen LogP contribution in [0.2, 0.25) is 5.02 Å². The number of hydrogen-bond acceptors (Lipinski definition) is 2. The van der Waals surface area contributed by atoms with E-state index in [1.807, 2.05) is 0 Å². The molecule has 0 heterocycles. The second kappa shape index (κ2) is 5.03. The van der Waals surface area contributed by atoms with Crippen LogP contribution in [0.15, 0.2) is 18.2 Å². The first-order valence-corrected chi connectivity index (χ1v) is 4.86. The van der Waals surface area contributed by atoms with Crippen molar-refractivity contribution >= 4 is 11.6 Å². The van der Waals surface area contributed by atoms with E-state index in [0.29, 0.717) is 0 Å². The van der Waals surface area contributed by atoms with E-state index in [4.69, 9.17) is 22.1 Å². The second-order valence-corrected chi connectivity index (χ2v) is 3.65. The number of nitrogens with two attached hydrogens (primary N) is 1. The van der Waals surface area contributed by atoms with Crippen LogP contribution in [0.1, 0.15) is 17.2 Å². The molecule has 90 valence electrons. The summed E-state index contributed by atoms with van der Waals surface area (Å²) in [7, 11) is 1.42. The lowest BCUT2D eigenvalue weighted by molar-refractivity contribution is -0.137. The number of ether oxygens (including phenoxy) is 1. The molecule has 2 nitrogen and oxygen atoms in total. The Labute approximate surface area is 96.1 Å². The molecule has 0 aliphatic carbocycles. The van der Waals surface area contributed by atoms with Crippen LogP contribution >= 0.6 is 11.6 Å². The summed E-state index contributed by atoms with van der Waals surface area (Å²) < 4.78 is 42.3. The van der Waals surface area contributed by atoms with Crippen molar-refractivity contribution in [3.05, 3.63) is 34.3 Å². The molecule has 0 saturated heterocycles. The first-order valence-electron chi connectivity index (χ1n) is 4.48. The predicted octanol–water partition coefficient (Wildman–Crippen LogP) is 3.01. The number of halogens is 4. The molecule has 1 atom stereocenters. The zero-order valence-corrected chi connectivity index (χ0v) is 9.27. The normalized spacial score (nSPS) is 13.9. The van der Waals surface area contributed by atoms with Gasteiger partial charge in [0.15, 0.2) is 0 Å². The van der Waals surface area contributed by atoms with Gasteiger partial charge in [0.2, 0.25) is 0 Å². The van der Waals surface area contributed by atoms with Crippen molar-refractivity contribution in [1.82, 2.24) is 0 Å². The van der Waals surface area contributed by atoms with Crippen LogP contribution in [0.25, 0.3) is 0 Å². The summed E-state index contributed by atoms with van der Waals surface area (Å²) in [6.07, 6.45) is -4.47. The highest BCUT2D eigenvalue weighted by Gasteiger charge is 2.34. The van der Waals surface area contributed by atoms with Crippen LogP contribution < -0.4 is 5.73 Å². The molecule has 0 bridgehead atoms. The van der Waals surface area contributed by atoms with E-state index in [9.17, 15) is 13.2 Å². The van der Waals surface area contributed by atoms with Crippen molar-refractivity contribution in [1.29, 1.82) is 0 Å². The molecule has 0 radical (unpaired) electrons. The minimum absolute atomic E-state index is 0.112. The Balaban J connectivity index is 3.14. The van der Waals surface area contributed by atoms with Crippen LogP contribution in [0, 0.1) is 0 Å². The molecule has 0 saturated carbocycles. The number of methoxy groups -OCH3 is 1. The van der Waals surface area contributed by atoms with Crippen molar-refractivity contribution in [3.8, 4) is 0 Å². The third-order valence-corrected chi connectivity index (χ3v) is 2.50. The molecule has 1 aromatic rings. The van der Waals surface area contributed by atoms with E-state index in [1.54, 1.807) is 0 Å². The lowest BCUT2D eigenvalue weighted by Gasteiger charge is -2.16. The SMILES string of the molecule is COCC(N)c1cccc(C(F)(F)F)c1Cl. The molecule has 0 aromatic heterocycles. The molecule has 1 aromatic carbocycles. The van der Waals surface area contributed by atoms with Gasteiger partial charge in [-0.3, -0.25) is 0 Å². The maximum absolute atomic E-state index is 12.5. The Morgan fingerprint density at radius 1 is 1.44 bits per heavy atom. The Hall–Kier alpha value is -0.780. The Morgan fingerprint density at radius 2 is 2.06 bits per heavy atom. The predicted molar refractivity (Wildman–Crippen MR) is 55.3 cm³/mol. The number of hydrogen-bond donors (Lipinski definition) is 1. The molecule has 2 N–H and O–H groups in total. The van der Waals surface area contributed by atoms with E-state index < -0.39 is 17.8 Å². The molecule has 0 amide bonds. The average Bonchev–Trinajstić information content (AvgIpc) is 2.16. The molecule has 16 heavy (non-hydrogen) atoms. The average molecular weight is 254 g/mol. The zero-order chi connectivity index (χ0) is 12.3. The van der Waals surface area contributed by atoms with Gasteiger partial charge in [-0.05, 0) is 11.6 Å². The van der Waals surface area contributed by atoms with Crippen molar-refractivity contribution < 1.29 is 17.9 Å². The maximum atomic E-state index is 12.5. The summed E-state index contributed by atoms with van der Waals surface area (Å²) in [5, 5.41) is -0.362. The van der Waals surface area contributed by atoms with Gasteiger partial charge >= 0.3 is 6.18 Å². The largest absolute Gasteiger partial charge is 0.417 e. The highest BCUT2D eigenvalue weighted by Crippen LogP contribution is 2.37. The molecule has 6 heteroatoms. The topological polar surface area (TPSA) is 35.2 Å². The van der Waals surface area contributed by atoms with E-state index in [-0.39, 0.29) is 17.2 Å². The fourth-order valence-corrected chi connectivity index (χ4v) is 1.70. The quantitative estimate of drug-likeness (QED) is 0.899. The van der Waals surface area contributed by atoms with E-state index >= 15 is 0 Å². The van der Waals surface area contributed by atoms with Gasteiger partial charge in [-0.15, -0.1) is 0 Å². The maximum Gasteiger partial charge on any atom is 0.417 e. The third-order valence-electron chi connectivity index (χ3n) is 2.08. The monoisotopic (exact) mass is 253 g/mol.